The van der Waals surface area contributed by atoms with Crippen molar-refractivity contribution < 1.29 is 8.42 Å². The third-order valence-electron chi connectivity index (χ3n) is 2.68. The monoisotopic (exact) mass is 272 g/mol. The lowest BCUT2D eigenvalue weighted by Crippen LogP contribution is -2.28. The Morgan fingerprint density at radius 2 is 2.06 bits per heavy atom. The van der Waals surface area contributed by atoms with E-state index in [0.717, 1.165) is 6.42 Å². The highest BCUT2D eigenvalue weighted by Gasteiger charge is 2.13. The van der Waals surface area contributed by atoms with Crippen molar-refractivity contribution in [3.8, 4) is 0 Å². The number of rotatable bonds is 6. The van der Waals surface area contributed by atoms with E-state index >= 15 is 0 Å². The summed E-state index contributed by atoms with van der Waals surface area (Å²) in [5.41, 5.74) is 5.55. The highest BCUT2D eigenvalue weighted by Crippen LogP contribution is 2.14. The van der Waals surface area contributed by atoms with E-state index in [0.29, 0.717) is 18.3 Å². The average Bonchev–Trinajstić information content (AvgIpc) is 2.28. The largest absolute Gasteiger partial charge is 0.367 e. The molecule has 6 nitrogen and oxygen atoms in total. The second-order valence-electron chi connectivity index (χ2n) is 4.50. The Bertz CT molecular complexity index is 470. The molecule has 18 heavy (non-hydrogen) atoms. The van der Waals surface area contributed by atoms with Crippen LogP contribution in [0.5, 0.6) is 0 Å². The number of primary sulfonamides is 1. The third-order valence-corrected chi connectivity index (χ3v) is 3.58. The van der Waals surface area contributed by atoms with E-state index in [1.54, 1.807) is 6.07 Å². The number of nitrogens with two attached hydrogens (primary N) is 2. The second-order valence-corrected chi connectivity index (χ2v) is 6.06. The molecule has 0 aliphatic heterocycles. The molecule has 0 spiro atoms. The van der Waals surface area contributed by atoms with Crippen LogP contribution in [0.3, 0.4) is 0 Å². The summed E-state index contributed by atoms with van der Waals surface area (Å²) in [6.45, 7) is 4.77. The Balaban J connectivity index is 2.79. The molecule has 1 heterocycles. The van der Waals surface area contributed by atoms with Gasteiger partial charge in [0.1, 0.15) is 10.7 Å². The van der Waals surface area contributed by atoms with Gasteiger partial charge in [0.2, 0.25) is 10.0 Å². The fourth-order valence-electron chi connectivity index (χ4n) is 1.58. The SMILES string of the molecule is CC(C)C(CCN)Nc1ccc(S(N)(=O)=O)cn1. The van der Waals surface area contributed by atoms with Crippen LogP contribution in [-0.4, -0.2) is 26.0 Å². The van der Waals surface area contributed by atoms with Gasteiger partial charge in [-0.05, 0) is 31.0 Å². The number of sulfonamides is 1. The Labute approximate surface area is 108 Å². The molecule has 0 saturated carbocycles. The van der Waals surface area contributed by atoms with Gasteiger partial charge in [-0.1, -0.05) is 13.8 Å². The summed E-state index contributed by atoms with van der Waals surface area (Å²) in [5, 5.41) is 8.23. The standard InChI is InChI=1S/C11H20N4O2S/c1-8(2)10(5-6-12)15-11-4-3-9(7-14-11)18(13,16)17/h3-4,7-8,10H,5-6,12H2,1-2H3,(H,14,15)(H2,13,16,17). The smallest absolute Gasteiger partial charge is 0.239 e. The summed E-state index contributed by atoms with van der Waals surface area (Å²) in [6.07, 6.45) is 2.08. The van der Waals surface area contributed by atoms with E-state index in [9.17, 15) is 8.42 Å². The van der Waals surface area contributed by atoms with Gasteiger partial charge < -0.3 is 11.1 Å². The summed E-state index contributed by atoms with van der Waals surface area (Å²) >= 11 is 0. The van der Waals surface area contributed by atoms with Crippen molar-refractivity contribution in [1.82, 2.24) is 4.98 Å². The molecule has 0 aromatic carbocycles. The minimum atomic E-state index is -3.68. The van der Waals surface area contributed by atoms with Crippen LogP contribution < -0.4 is 16.2 Å². The Morgan fingerprint density at radius 1 is 1.39 bits per heavy atom. The van der Waals surface area contributed by atoms with Gasteiger partial charge in [0, 0.05) is 12.2 Å². The molecule has 0 saturated heterocycles. The molecule has 0 bridgehead atoms. The lowest BCUT2D eigenvalue weighted by molar-refractivity contribution is 0.497. The number of pyridine rings is 1. The van der Waals surface area contributed by atoms with E-state index in [1.165, 1.54) is 12.3 Å². The highest BCUT2D eigenvalue weighted by atomic mass is 32.2. The number of nitrogens with zero attached hydrogens (tertiary/aromatic N) is 1. The molecular weight excluding hydrogens is 252 g/mol. The van der Waals surface area contributed by atoms with Crippen molar-refractivity contribution in [2.45, 2.75) is 31.2 Å². The fraction of sp³-hybridized carbons (Fsp3) is 0.545. The van der Waals surface area contributed by atoms with E-state index in [2.05, 4.69) is 24.1 Å². The molecule has 0 aliphatic rings. The zero-order valence-corrected chi connectivity index (χ0v) is 11.4. The molecule has 1 rings (SSSR count). The van der Waals surface area contributed by atoms with E-state index in [-0.39, 0.29) is 10.9 Å². The number of anilines is 1. The van der Waals surface area contributed by atoms with Crippen LogP contribution in [0.1, 0.15) is 20.3 Å². The maximum absolute atomic E-state index is 11.1. The van der Waals surface area contributed by atoms with E-state index in [1.807, 2.05) is 0 Å². The molecule has 102 valence electrons. The summed E-state index contributed by atoms with van der Waals surface area (Å²) in [4.78, 5) is 4.05. The van der Waals surface area contributed by atoms with Crippen molar-refractivity contribution >= 4 is 15.8 Å². The number of aromatic nitrogens is 1. The molecule has 7 heteroatoms. The zero-order chi connectivity index (χ0) is 13.8. The molecule has 0 fully saturated rings. The highest BCUT2D eigenvalue weighted by molar-refractivity contribution is 7.89. The van der Waals surface area contributed by atoms with Crippen LogP contribution in [0.2, 0.25) is 0 Å². The first-order valence-electron chi connectivity index (χ1n) is 5.80. The Morgan fingerprint density at radius 3 is 2.44 bits per heavy atom. The lowest BCUT2D eigenvalue weighted by Gasteiger charge is -2.22. The minimum absolute atomic E-state index is 0.00738. The first-order chi connectivity index (χ1) is 8.34. The van der Waals surface area contributed by atoms with Gasteiger partial charge in [-0.2, -0.15) is 0 Å². The molecule has 0 radical (unpaired) electrons. The molecule has 0 amide bonds. The van der Waals surface area contributed by atoms with Crippen LogP contribution in [0, 0.1) is 5.92 Å². The Hall–Kier alpha value is -1.18. The molecule has 1 unspecified atom stereocenters. The van der Waals surface area contributed by atoms with Crippen molar-refractivity contribution in [3.05, 3.63) is 18.3 Å². The van der Waals surface area contributed by atoms with Gasteiger partial charge in [-0.25, -0.2) is 18.5 Å². The van der Waals surface area contributed by atoms with Gasteiger partial charge in [-0.15, -0.1) is 0 Å². The van der Waals surface area contributed by atoms with Crippen molar-refractivity contribution in [1.29, 1.82) is 0 Å². The van der Waals surface area contributed by atoms with Gasteiger partial charge >= 0.3 is 0 Å². The molecular formula is C11H20N4O2S. The molecule has 1 atom stereocenters. The first-order valence-corrected chi connectivity index (χ1v) is 7.34. The van der Waals surface area contributed by atoms with Crippen molar-refractivity contribution in [3.63, 3.8) is 0 Å². The number of hydrogen-bond acceptors (Lipinski definition) is 5. The minimum Gasteiger partial charge on any atom is -0.367 e. The molecule has 5 N–H and O–H groups in total. The topological polar surface area (TPSA) is 111 Å². The van der Waals surface area contributed by atoms with Crippen LogP contribution in [0.4, 0.5) is 5.82 Å². The molecule has 1 aromatic heterocycles. The quantitative estimate of drug-likeness (QED) is 0.699. The van der Waals surface area contributed by atoms with Crippen LogP contribution in [0.25, 0.3) is 0 Å². The molecule has 1 aromatic rings. The van der Waals surface area contributed by atoms with Crippen LogP contribution in [-0.2, 0) is 10.0 Å². The van der Waals surface area contributed by atoms with Crippen LogP contribution in [0.15, 0.2) is 23.2 Å². The van der Waals surface area contributed by atoms with Crippen LogP contribution >= 0.6 is 0 Å². The number of hydrogen-bond donors (Lipinski definition) is 3. The predicted octanol–water partition coefficient (Wildman–Crippen LogP) is 0.514. The summed E-state index contributed by atoms with van der Waals surface area (Å²) in [5.74, 6) is 1.03. The molecule has 0 aliphatic carbocycles. The Kier molecular flexibility index (Phi) is 5.06. The van der Waals surface area contributed by atoms with Crippen molar-refractivity contribution in [2.75, 3.05) is 11.9 Å². The van der Waals surface area contributed by atoms with Crippen molar-refractivity contribution in [2.24, 2.45) is 16.8 Å². The number of nitrogens with one attached hydrogen (secondary N) is 1. The van der Waals surface area contributed by atoms with Gasteiger partial charge in [0.15, 0.2) is 0 Å². The fourth-order valence-corrected chi connectivity index (χ4v) is 2.03. The maximum atomic E-state index is 11.1. The van der Waals surface area contributed by atoms with E-state index < -0.39 is 10.0 Å². The van der Waals surface area contributed by atoms with Gasteiger partial charge in [0.05, 0.1) is 0 Å². The third kappa shape index (κ3) is 4.25. The van der Waals surface area contributed by atoms with Gasteiger partial charge in [-0.3, -0.25) is 0 Å². The summed E-state index contributed by atoms with van der Waals surface area (Å²) in [6, 6.07) is 3.25. The normalized spacial score (nSPS) is 13.6. The van der Waals surface area contributed by atoms with Gasteiger partial charge in [0.25, 0.3) is 0 Å². The summed E-state index contributed by atoms with van der Waals surface area (Å²) < 4.78 is 22.2. The lowest BCUT2D eigenvalue weighted by atomic mass is 10.0. The maximum Gasteiger partial charge on any atom is 0.239 e. The summed E-state index contributed by atoms with van der Waals surface area (Å²) in [7, 11) is -3.68. The van der Waals surface area contributed by atoms with E-state index in [4.69, 9.17) is 10.9 Å². The average molecular weight is 272 g/mol. The predicted molar refractivity (Wildman–Crippen MR) is 71.5 cm³/mol. The second kappa shape index (κ2) is 6.12. The zero-order valence-electron chi connectivity index (χ0n) is 10.6. The first kappa shape index (κ1) is 14.9.